The Kier molecular flexibility index (Phi) is 6.83. The third-order valence-electron chi connectivity index (χ3n) is 6.00. The molecule has 0 aromatic heterocycles. The molecule has 1 atom stereocenters. The molecular weight excluding hydrogens is 450 g/mol. The van der Waals surface area contributed by atoms with Gasteiger partial charge in [-0.3, -0.25) is 9.59 Å². The van der Waals surface area contributed by atoms with Crippen molar-refractivity contribution in [1.29, 1.82) is 0 Å². The van der Waals surface area contributed by atoms with Gasteiger partial charge in [-0.1, -0.05) is 11.6 Å². The monoisotopic (exact) mass is 475 g/mol. The lowest BCUT2D eigenvalue weighted by atomic mass is 9.96. The van der Waals surface area contributed by atoms with Crippen LogP contribution in [0.1, 0.15) is 36.0 Å². The largest absolute Gasteiger partial charge is 0.338 e. The van der Waals surface area contributed by atoms with Crippen LogP contribution in [0.4, 0.5) is 5.69 Å². The summed E-state index contributed by atoms with van der Waals surface area (Å²) in [4.78, 5) is 27.5. The van der Waals surface area contributed by atoms with E-state index < -0.39 is 10.0 Å². The number of benzene rings is 2. The molecule has 4 rings (SSSR count). The van der Waals surface area contributed by atoms with Crippen molar-refractivity contribution in [2.24, 2.45) is 5.92 Å². The van der Waals surface area contributed by atoms with Crippen molar-refractivity contribution in [3.8, 4) is 0 Å². The highest BCUT2D eigenvalue weighted by atomic mass is 35.5. The molecule has 32 heavy (non-hydrogen) atoms. The number of hydrogen-bond acceptors (Lipinski definition) is 4. The van der Waals surface area contributed by atoms with Crippen molar-refractivity contribution < 1.29 is 18.0 Å². The zero-order valence-electron chi connectivity index (χ0n) is 17.7. The first kappa shape index (κ1) is 22.8. The molecule has 2 heterocycles. The Hall–Kier alpha value is -2.42. The van der Waals surface area contributed by atoms with Crippen LogP contribution in [0.25, 0.3) is 0 Å². The summed E-state index contributed by atoms with van der Waals surface area (Å²) in [6, 6.07) is 13.0. The number of likely N-dealkylation sites (tertiary alicyclic amines) is 1. The van der Waals surface area contributed by atoms with Gasteiger partial charge in [-0.05, 0) is 74.2 Å². The topological polar surface area (TPSA) is 86.8 Å². The van der Waals surface area contributed by atoms with Gasteiger partial charge in [0.1, 0.15) is 0 Å². The van der Waals surface area contributed by atoms with Crippen molar-refractivity contribution in [3.05, 3.63) is 59.1 Å². The van der Waals surface area contributed by atoms with Gasteiger partial charge in [-0.25, -0.2) is 8.42 Å². The summed E-state index contributed by atoms with van der Waals surface area (Å²) >= 11 is 5.90. The van der Waals surface area contributed by atoms with Gasteiger partial charge in [0.05, 0.1) is 10.8 Å². The van der Waals surface area contributed by atoms with Crippen LogP contribution in [0.2, 0.25) is 5.02 Å². The predicted octanol–water partition coefficient (Wildman–Crippen LogP) is 3.62. The van der Waals surface area contributed by atoms with Crippen LogP contribution >= 0.6 is 11.6 Å². The van der Waals surface area contributed by atoms with E-state index in [9.17, 15) is 18.0 Å². The summed E-state index contributed by atoms with van der Waals surface area (Å²) in [6.07, 6.45) is 3.20. The third-order valence-corrected chi connectivity index (χ3v) is 8.16. The van der Waals surface area contributed by atoms with Gasteiger partial charge in [0, 0.05) is 42.5 Å². The lowest BCUT2D eigenvalue weighted by Gasteiger charge is -2.32. The summed E-state index contributed by atoms with van der Waals surface area (Å²) in [6.45, 7) is 2.05. The summed E-state index contributed by atoms with van der Waals surface area (Å²) in [7, 11) is -3.48. The number of nitrogens with zero attached hydrogens (tertiary/aromatic N) is 2. The molecule has 2 saturated heterocycles. The molecule has 0 saturated carbocycles. The molecule has 0 aliphatic carbocycles. The molecule has 170 valence electrons. The van der Waals surface area contributed by atoms with Gasteiger partial charge in [0.2, 0.25) is 15.9 Å². The number of anilines is 1. The molecule has 0 bridgehead atoms. The molecule has 0 radical (unpaired) electrons. The Labute approximate surface area is 193 Å². The number of halogens is 1. The van der Waals surface area contributed by atoms with E-state index in [-0.39, 0.29) is 22.6 Å². The van der Waals surface area contributed by atoms with E-state index in [0.29, 0.717) is 48.9 Å². The van der Waals surface area contributed by atoms with Crippen LogP contribution in [0, 0.1) is 5.92 Å². The van der Waals surface area contributed by atoms with Gasteiger partial charge >= 0.3 is 0 Å². The normalized spacial score (nSPS) is 19.7. The lowest BCUT2D eigenvalue weighted by Crippen LogP contribution is -2.43. The standard InChI is InChI=1S/C23H26ClN3O4S/c24-19-7-5-17(6-8-19)23(29)26-13-3-4-18(16-26)22(28)25-20-9-11-21(12-10-20)32(30,31)27-14-1-2-15-27/h5-12,18H,1-4,13-16H2,(H,25,28)/t18-/m0/s1. The molecule has 1 N–H and O–H groups in total. The Morgan fingerprint density at radius 2 is 1.56 bits per heavy atom. The van der Waals surface area contributed by atoms with Gasteiger partial charge in [-0.2, -0.15) is 4.31 Å². The first-order valence-corrected chi connectivity index (χ1v) is 12.6. The van der Waals surface area contributed by atoms with Gasteiger partial charge < -0.3 is 10.2 Å². The van der Waals surface area contributed by atoms with Gasteiger partial charge in [0.25, 0.3) is 5.91 Å². The lowest BCUT2D eigenvalue weighted by molar-refractivity contribution is -0.121. The molecule has 2 aromatic rings. The second kappa shape index (κ2) is 9.60. The molecule has 2 aliphatic rings. The molecule has 7 nitrogen and oxygen atoms in total. The summed E-state index contributed by atoms with van der Waals surface area (Å²) in [5.74, 6) is -0.614. The second-order valence-electron chi connectivity index (χ2n) is 8.22. The second-order valence-corrected chi connectivity index (χ2v) is 10.6. The number of carbonyl (C=O) groups excluding carboxylic acids is 2. The van der Waals surface area contributed by atoms with Crippen LogP contribution in [-0.4, -0.2) is 55.6 Å². The quantitative estimate of drug-likeness (QED) is 0.715. The zero-order chi connectivity index (χ0) is 22.7. The van der Waals surface area contributed by atoms with Crippen LogP contribution in [0.3, 0.4) is 0 Å². The number of rotatable bonds is 5. The number of hydrogen-bond donors (Lipinski definition) is 1. The maximum atomic E-state index is 12.8. The zero-order valence-corrected chi connectivity index (χ0v) is 19.2. The SMILES string of the molecule is O=C(Nc1ccc(S(=O)(=O)N2CCCC2)cc1)[C@H]1CCCN(C(=O)c2ccc(Cl)cc2)C1. The van der Waals surface area contributed by atoms with Crippen LogP contribution in [0.5, 0.6) is 0 Å². The maximum absolute atomic E-state index is 12.8. The highest BCUT2D eigenvalue weighted by Crippen LogP contribution is 2.24. The highest BCUT2D eigenvalue weighted by Gasteiger charge is 2.30. The Bertz CT molecular complexity index is 1080. The van der Waals surface area contributed by atoms with E-state index in [0.717, 1.165) is 19.3 Å². The van der Waals surface area contributed by atoms with Crippen LogP contribution < -0.4 is 5.32 Å². The van der Waals surface area contributed by atoms with E-state index in [1.165, 1.54) is 16.4 Å². The van der Waals surface area contributed by atoms with Crippen LogP contribution in [-0.2, 0) is 14.8 Å². The first-order valence-electron chi connectivity index (χ1n) is 10.8. The Morgan fingerprint density at radius 3 is 2.22 bits per heavy atom. The summed E-state index contributed by atoms with van der Waals surface area (Å²) in [5, 5.41) is 3.43. The molecule has 2 amide bonds. The predicted molar refractivity (Wildman–Crippen MR) is 123 cm³/mol. The van der Waals surface area contributed by atoms with E-state index in [1.54, 1.807) is 41.3 Å². The molecular formula is C23H26ClN3O4S. The van der Waals surface area contributed by atoms with Crippen molar-refractivity contribution in [2.45, 2.75) is 30.6 Å². The number of piperidine rings is 1. The van der Waals surface area contributed by atoms with Gasteiger partial charge in [0.15, 0.2) is 0 Å². The molecule has 2 fully saturated rings. The van der Waals surface area contributed by atoms with Crippen molar-refractivity contribution in [2.75, 3.05) is 31.5 Å². The minimum absolute atomic E-state index is 0.115. The fraction of sp³-hybridized carbons (Fsp3) is 0.391. The minimum Gasteiger partial charge on any atom is -0.338 e. The summed E-state index contributed by atoms with van der Waals surface area (Å²) < 4.78 is 26.8. The first-order chi connectivity index (χ1) is 15.3. The number of amides is 2. The van der Waals surface area contributed by atoms with Crippen LogP contribution in [0.15, 0.2) is 53.4 Å². The van der Waals surface area contributed by atoms with E-state index >= 15 is 0 Å². The number of nitrogens with one attached hydrogen (secondary N) is 1. The Balaban J connectivity index is 1.38. The van der Waals surface area contributed by atoms with E-state index in [4.69, 9.17) is 11.6 Å². The maximum Gasteiger partial charge on any atom is 0.253 e. The van der Waals surface area contributed by atoms with Crippen molar-refractivity contribution >= 4 is 39.1 Å². The smallest absolute Gasteiger partial charge is 0.253 e. The average molecular weight is 476 g/mol. The fourth-order valence-corrected chi connectivity index (χ4v) is 5.83. The van der Waals surface area contributed by atoms with Crippen molar-refractivity contribution in [3.63, 3.8) is 0 Å². The highest BCUT2D eigenvalue weighted by molar-refractivity contribution is 7.89. The van der Waals surface area contributed by atoms with E-state index in [1.807, 2.05) is 0 Å². The molecule has 9 heteroatoms. The van der Waals surface area contributed by atoms with E-state index in [2.05, 4.69) is 5.32 Å². The Morgan fingerprint density at radius 1 is 0.906 bits per heavy atom. The molecule has 2 aliphatic heterocycles. The molecule has 2 aromatic carbocycles. The third kappa shape index (κ3) is 4.98. The minimum atomic E-state index is -3.48. The number of carbonyl (C=O) groups is 2. The van der Waals surface area contributed by atoms with Gasteiger partial charge in [-0.15, -0.1) is 0 Å². The average Bonchev–Trinajstić information content (AvgIpc) is 3.36. The number of sulfonamides is 1. The van der Waals surface area contributed by atoms with Crippen molar-refractivity contribution in [1.82, 2.24) is 9.21 Å². The summed E-state index contributed by atoms with van der Waals surface area (Å²) in [5.41, 5.74) is 1.08. The fourth-order valence-electron chi connectivity index (χ4n) is 4.18. The molecule has 0 spiro atoms. The molecule has 0 unspecified atom stereocenters.